The summed E-state index contributed by atoms with van der Waals surface area (Å²) in [5.74, 6) is 0.672. The molecule has 0 N–H and O–H groups in total. The van der Waals surface area contributed by atoms with Gasteiger partial charge in [0.05, 0.1) is 5.39 Å². The van der Waals surface area contributed by atoms with Gasteiger partial charge in [-0.15, -0.1) is 0 Å². The number of hydrogen-bond acceptors (Lipinski definition) is 2. The van der Waals surface area contributed by atoms with Gasteiger partial charge < -0.3 is 4.42 Å². The summed E-state index contributed by atoms with van der Waals surface area (Å²) in [6.45, 7) is 10.0. The molecule has 0 aliphatic carbocycles. The van der Waals surface area contributed by atoms with E-state index in [1.54, 1.807) is 0 Å². The maximum absolute atomic E-state index is 12.9. The summed E-state index contributed by atoms with van der Waals surface area (Å²) in [6, 6.07) is 8.14. The minimum Gasteiger partial charge on any atom is -0.456 e. The first-order valence-electron chi connectivity index (χ1n) is 7.62. The molecule has 118 valence electrons. The van der Waals surface area contributed by atoms with Gasteiger partial charge >= 0.3 is 0 Å². The third-order valence-corrected chi connectivity index (χ3v) is 6.19. The van der Waals surface area contributed by atoms with Crippen molar-refractivity contribution in [1.82, 2.24) is 0 Å². The molecule has 3 heteroatoms. The van der Waals surface area contributed by atoms with Crippen molar-refractivity contribution in [3.05, 3.63) is 65.9 Å². The zero-order chi connectivity index (χ0) is 16.9. The van der Waals surface area contributed by atoms with E-state index in [9.17, 15) is 4.79 Å². The number of hydrogen-bond donors (Lipinski definition) is 0. The molecule has 2 nitrogen and oxygen atoms in total. The van der Waals surface area contributed by atoms with E-state index in [2.05, 4.69) is 48.6 Å². The van der Waals surface area contributed by atoms with Crippen molar-refractivity contribution >= 4 is 33.6 Å². The number of aryl methyl sites for hydroxylation is 4. The van der Waals surface area contributed by atoms with Crippen molar-refractivity contribution in [2.75, 3.05) is 0 Å². The van der Waals surface area contributed by atoms with E-state index in [0.29, 0.717) is 22.3 Å². The van der Waals surface area contributed by atoms with Crippen LogP contribution in [0.15, 0.2) is 33.5 Å². The molecule has 2 aromatic carbocycles. The van der Waals surface area contributed by atoms with Crippen molar-refractivity contribution in [3.8, 4) is 11.3 Å². The van der Waals surface area contributed by atoms with Crippen LogP contribution in [0.25, 0.3) is 22.3 Å². The second-order valence-corrected chi connectivity index (χ2v) is 7.27. The summed E-state index contributed by atoms with van der Waals surface area (Å²) >= 11 is 2.29. The van der Waals surface area contributed by atoms with E-state index in [1.807, 2.05) is 32.9 Å². The number of benzene rings is 2. The predicted octanol–water partition coefficient (Wildman–Crippen LogP) is 5.61. The minimum atomic E-state index is 0.0647. The number of halogens is 1. The Kier molecular flexibility index (Phi) is 4.08. The Bertz CT molecular complexity index is 997. The summed E-state index contributed by atoms with van der Waals surface area (Å²) in [5.41, 5.74) is 6.93. The fourth-order valence-corrected chi connectivity index (χ4v) is 3.35. The van der Waals surface area contributed by atoms with Crippen LogP contribution in [-0.2, 0) is 0 Å². The number of fused-ring (bicyclic) bond motifs is 1. The molecule has 0 saturated heterocycles. The maximum Gasteiger partial charge on any atom is 0.196 e. The first kappa shape index (κ1) is 16.2. The average Bonchev–Trinajstić information content (AvgIpc) is 2.51. The maximum atomic E-state index is 12.9. The van der Waals surface area contributed by atoms with E-state index in [1.165, 1.54) is 11.1 Å². The van der Waals surface area contributed by atoms with Gasteiger partial charge in [-0.3, -0.25) is 4.79 Å². The van der Waals surface area contributed by atoms with E-state index in [0.717, 1.165) is 20.3 Å². The number of rotatable bonds is 1. The highest BCUT2D eigenvalue weighted by Crippen LogP contribution is 2.30. The van der Waals surface area contributed by atoms with Crippen LogP contribution in [0, 0.1) is 38.2 Å². The molecular formula is C20H19IO2. The first-order valence-corrected chi connectivity index (χ1v) is 8.70. The summed E-state index contributed by atoms with van der Waals surface area (Å²) in [6.07, 6.45) is 0. The SMILES string of the molecule is Cc1ccc(-c2oc3cc(C)c(I)c(C)c3c(=O)c2C)cc1C. The highest BCUT2D eigenvalue weighted by molar-refractivity contribution is 14.1. The van der Waals surface area contributed by atoms with Crippen LogP contribution >= 0.6 is 22.6 Å². The van der Waals surface area contributed by atoms with Gasteiger partial charge in [0.15, 0.2) is 5.43 Å². The lowest BCUT2D eigenvalue weighted by Gasteiger charge is -2.12. The topological polar surface area (TPSA) is 30.2 Å². The molecule has 0 unspecified atom stereocenters. The first-order chi connectivity index (χ1) is 10.8. The molecule has 0 radical (unpaired) electrons. The molecule has 3 rings (SSSR count). The van der Waals surface area contributed by atoms with Crippen LogP contribution < -0.4 is 5.43 Å². The normalized spacial score (nSPS) is 11.2. The van der Waals surface area contributed by atoms with E-state index in [-0.39, 0.29) is 5.43 Å². The lowest BCUT2D eigenvalue weighted by atomic mass is 9.99. The fraction of sp³-hybridized carbons (Fsp3) is 0.250. The van der Waals surface area contributed by atoms with Crippen molar-refractivity contribution in [1.29, 1.82) is 0 Å². The van der Waals surface area contributed by atoms with Gasteiger partial charge in [-0.1, -0.05) is 12.1 Å². The van der Waals surface area contributed by atoms with Crippen molar-refractivity contribution in [2.45, 2.75) is 34.6 Å². The van der Waals surface area contributed by atoms with Crippen LogP contribution in [0.2, 0.25) is 0 Å². The van der Waals surface area contributed by atoms with Crippen LogP contribution in [0.5, 0.6) is 0 Å². The third kappa shape index (κ3) is 2.61. The van der Waals surface area contributed by atoms with Gasteiger partial charge in [0.25, 0.3) is 0 Å². The predicted molar refractivity (Wildman–Crippen MR) is 104 cm³/mol. The van der Waals surface area contributed by atoms with Crippen LogP contribution in [0.1, 0.15) is 27.8 Å². The minimum absolute atomic E-state index is 0.0647. The van der Waals surface area contributed by atoms with Crippen LogP contribution in [0.4, 0.5) is 0 Å². The zero-order valence-corrected chi connectivity index (χ0v) is 16.2. The van der Waals surface area contributed by atoms with E-state index < -0.39 is 0 Å². The molecule has 3 aromatic rings. The fourth-order valence-electron chi connectivity index (χ4n) is 2.92. The molecule has 0 aliphatic heterocycles. The molecule has 0 aliphatic rings. The highest BCUT2D eigenvalue weighted by Gasteiger charge is 2.17. The van der Waals surface area contributed by atoms with Crippen LogP contribution in [0.3, 0.4) is 0 Å². The van der Waals surface area contributed by atoms with Crippen molar-refractivity contribution < 1.29 is 4.42 Å². The second-order valence-electron chi connectivity index (χ2n) is 6.19. The second kappa shape index (κ2) is 5.78. The Morgan fingerprint density at radius 1 is 0.870 bits per heavy atom. The van der Waals surface area contributed by atoms with Crippen LogP contribution in [-0.4, -0.2) is 0 Å². The largest absolute Gasteiger partial charge is 0.456 e. The Hall–Kier alpha value is -1.62. The molecule has 23 heavy (non-hydrogen) atoms. The van der Waals surface area contributed by atoms with E-state index >= 15 is 0 Å². The molecule has 1 aromatic heterocycles. The standard InChI is InChI=1S/C20H19IO2/c1-10-6-7-15(8-11(10)2)20-14(5)19(22)17-13(4)18(21)12(3)9-16(17)23-20/h6-9H,1-5H3. The van der Waals surface area contributed by atoms with E-state index in [4.69, 9.17) is 4.42 Å². The van der Waals surface area contributed by atoms with Crippen molar-refractivity contribution in [3.63, 3.8) is 0 Å². The lowest BCUT2D eigenvalue weighted by molar-refractivity contribution is 0.613. The summed E-state index contributed by atoms with van der Waals surface area (Å²) in [7, 11) is 0. The molecule has 0 atom stereocenters. The molecule has 0 amide bonds. The van der Waals surface area contributed by atoms with Gasteiger partial charge in [0, 0.05) is 14.7 Å². The average molecular weight is 418 g/mol. The molecule has 0 fully saturated rings. The van der Waals surface area contributed by atoms with Crippen molar-refractivity contribution in [2.24, 2.45) is 0 Å². The van der Waals surface area contributed by atoms with Gasteiger partial charge in [-0.05, 0) is 91.6 Å². The third-order valence-electron chi connectivity index (χ3n) is 4.53. The molecule has 1 heterocycles. The molecule has 0 saturated carbocycles. The molecule has 0 spiro atoms. The van der Waals surface area contributed by atoms with Gasteiger partial charge in [0.2, 0.25) is 0 Å². The lowest BCUT2D eigenvalue weighted by Crippen LogP contribution is -2.10. The summed E-state index contributed by atoms with van der Waals surface area (Å²) < 4.78 is 7.29. The smallest absolute Gasteiger partial charge is 0.196 e. The zero-order valence-electron chi connectivity index (χ0n) is 14.0. The van der Waals surface area contributed by atoms with Gasteiger partial charge in [-0.2, -0.15) is 0 Å². The Morgan fingerprint density at radius 3 is 2.22 bits per heavy atom. The molecule has 0 bridgehead atoms. The monoisotopic (exact) mass is 418 g/mol. The quantitative estimate of drug-likeness (QED) is 0.481. The Labute approximate surface area is 149 Å². The molecular weight excluding hydrogens is 399 g/mol. The summed E-state index contributed by atoms with van der Waals surface area (Å²) in [4.78, 5) is 12.9. The Balaban J connectivity index is 2.40. The van der Waals surface area contributed by atoms with Gasteiger partial charge in [-0.25, -0.2) is 0 Å². The Morgan fingerprint density at radius 2 is 1.57 bits per heavy atom. The van der Waals surface area contributed by atoms with Gasteiger partial charge in [0.1, 0.15) is 11.3 Å². The summed E-state index contributed by atoms with van der Waals surface area (Å²) in [5, 5.41) is 0.699. The highest BCUT2D eigenvalue weighted by atomic mass is 127.